The van der Waals surface area contributed by atoms with Crippen LogP contribution in [-0.2, 0) is 4.79 Å². The van der Waals surface area contributed by atoms with Crippen LogP contribution in [0.1, 0.15) is 30.4 Å². The molecule has 1 N–H and O–H groups in total. The van der Waals surface area contributed by atoms with Crippen molar-refractivity contribution in [1.82, 2.24) is 5.32 Å². The maximum atomic E-state index is 10.7. The molecule has 1 atom stereocenters. The lowest BCUT2D eigenvalue weighted by Gasteiger charge is -2.38. The number of rotatable bonds is 3. The molecule has 1 aliphatic heterocycles. The summed E-state index contributed by atoms with van der Waals surface area (Å²) in [6.07, 6.45) is 4.39. The van der Waals surface area contributed by atoms with Gasteiger partial charge in [-0.05, 0) is 44.2 Å². The first-order valence-electron chi connectivity index (χ1n) is 6.26. The number of carbonyl (C=O) groups excluding carboxylic acids is 1. The van der Waals surface area contributed by atoms with Gasteiger partial charge in [-0.15, -0.1) is 0 Å². The number of nitrogens with zero attached hydrogens (tertiary/aromatic N) is 1. The van der Waals surface area contributed by atoms with Gasteiger partial charge in [0.15, 0.2) is 0 Å². The van der Waals surface area contributed by atoms with Gasteiger partial charge in [0.25, 0.3) is 0 Å². The number of para-hydroxylation sites is 1. The van der Waals surface area contributed by atoms with E-state index in [1.807, 2.05) is 0 Å². The number of nitrogens with one attached hydrogen (secondary N) is 1. The summed E-state index contributed by atoms with van der Waals surface area (Å²) in [5.74, 6) is 0. The predicted molar refractivity (Wildman–Crippen MR) is 70.1 cm³/mol. The van der Waals surface area contributed by atoms with Crippen molar-refractivity contribution in [3.8, 4) is 0 Å². The first-order chi connectivity index (χ1) is 8.24. The van der Waals surface area contributed by atoms with Crippen molar-refractivity contribution < 1.29 is 4.79 Å². The summed E-state index contributed by atoms with van der Waals surface area (Å²) in [4.78, 5) is 13.0. The van der Waals surface area contributed by atoms with Gasteiger partial charge in [0.05, 0.1) is 0 Å². The molecule has 0 spiro atoms. The second kappa shape index (κ2) is 5.21. The summed E-state index contributed by atoms with van der Waals surface area (Å²) in [5.41, 5.74) is 3.85. The van der Waals surface area contributed by atoms with Gasteiger partial charge in [-0.1, -0.05) is 18.2 Å². The van der Waals surface area contributed by atoms with Crippen LogP contribution in [0.25, 0.3) is 0 Å². The molecule has 0 bridgehead atoms. The van der Waals surface area contributed by atoms with Gasteiger partial charge in [0.1, 0.15) is 6.17 Å². The third kappa shape index (κ3) is 2.43. The van der Waals surface area contributed by atoms with E-state index < -0.39 is 0 Å². The molecule has 1 aromatic rings. The smallest absolute Gasteiger partial charge is 0.208 e. The fourth-order valence-corrected chi connectivity index (χ4v) is 2.71. The standard InChI is InChI=1S/C14H20N2O/c1-11-6-5-7-12(2)14(11)16-9-4-3-8-13(16)15-10-17/h5-7,10,13H,3-4,8-9H2,1-2H3,(H,15,17). The van der Waals surface area contributed by atoms with Crippen LogP contribution in [0.4, 0.5) is 5.69 Å². The van der Waals surface area contributed by atoms with E-state index >= 15 is 0 Å². The Morgan fingerprint density at radius 3 is 2.65 bits per heavy atom. The summed E-state index contributed by atoms with van der Waals surface area (Å²) < 4.78 is 0. The zero-order valence-electron chi connectivity index (χ0n) is 10.6. The van der Waals surface area contributed by atoms with Gasteiger partial charge in [0, 0.05) is 12.2 Å². The Hall–Kier alpha value is -1.51. The summed E-state index contributed by atoms with van der Waals surface area (Å²) in [7, 11) is 0. The molecule has 0 saturated carbocycles. The van der Waals surface area contributed by atoms with E-state index in [-0.39, 0.29) is 6.17 Å². The topological polar surface area (TPSA) is 32.3 Å². The molecule has 17 heavy (non-hydrogen) atoms. The number of carbonyl (C=O) groups is 1. The van der Waals surface area contributed by atoms with Crippen LogP contribution in [-0.4, -0.2) is 19.1 Å². The quantitative estimate of drug-likeness (QED) is 0.811. The molecule has 0 aromatic heterocycles. The first-order valence-corrected chi connectivity index (χ1v) is 6.26. The van der Waals surface area contributed by atoms with Gasteiger partial charge in [-0.2, -0.15) is 0 Å². The number of aryl methyl sites for hydroxylation is 2. The highest BCUT2D eigenvalue weighted by molar-refractivity contribution is 5.61. The minimum absolute atomic E-state index is 0.154. The van der Waals surface area contributed by atoms with Gasteiger partial charge in [-0.25, -0.2) is 0 Å². The van der Waals surface area contributed by atoms with E-state index in [2.05, 4.69) is 42.3 Å². The minimum atomic E-state index is 0.154. The van der Waals surface area contributed by atoms with Crippen LogP contribution < -0.4 is 10.2 Å². The molecular formula is C14H20N2O. The lowest BCUT2D eigenvalue weighted by molar-refractivity contribution is -0.110. The monoisotopic (exact) mass is 232 g/mol. The Morgan fingerprint density at radius 1 is 1.29 bits per heavy atom. The minimum Gasteiger partial charge on any atom is -0.351 e. The Labute approximate surface area is 103 Å². The van der Waals surface area contributed by atoms with Crippen LogP contribution in [0.15, 0.2) is 18.2 Å². The summed E-state index contributed by atoms with van der Waals surface area (Å²) >= 11 is 0. The van der Waals surface area contributed by atoms with Gasteiger partial charge < -0.3 is 10.2 Å². The van der Waals surface area contributed by atoms with E-state index in [4.69, 9.17) is 0 Å². The van der Waals surface area contributed by atoms with Crippen molar-refractivity contribution in [1.29, 1.82) is 0 Å². The van der Waals surface area contributed by atoms with Crippen LogP contribution >= 0.6 is 0 Å². The number of benzene rings is 1. The second-order valence-electron chi connectivity index (χ2n) is 4.73. The Morgan fingerprint density at radius 2 is 2.00 bits per heavy atom. The summed E-state index contributed by atoms with van der Waals surface area (Å²) in [6.45, 7) is 5.29. The first kappa shape index (κ1) is 12.0. The van der Waals surface area contributed by atoms with Crippen molar-refractivity contribution in [3.63, 3.8) is 0 Å². The van der Waals surface area contributed by atoms with Gasteiger partial charge in [-0.3, -0.25) is 4.79 Å². The number of amides is 1. The highest BCUT2D eigenvalue weighted by Crippen LogP contribution is 2.29. The molecule has 1 heterocycles. The van der Waals surface area contributed by atoms with Crippen molar-refractivity contribution in [2.45, 2.75) is 39.3 Å². The molecule has 1 fully saturated rings. The molecule has 0 aliphatic carbocycles. The highest BCUT2D eigenvalue weighted by Gasteiger charge is 2.23. The molecule has 1 amide bonds. The Balaban J connectivity index is 2.32. The summed E-state index contributed by atoms with van der Waals surface area (Å²) in [5, 5.41) is 2.93. The van der Waals surface area contributed by atoms with Crippen molar-refractivity contribution in [2.24, 2.45) is 0 Å². The number of piperidine rings is 1. The molecular weight excluding hydrogens is 212 g/mol. The van der Waals surface area contributed by atoms with Crippen molar-refractivity contribution >= 4 is 12.1 Å². The SMILES string of the molecule is Cc1cccc(C)c1N1CCCCC1NC=O. The third-order valence-corrected chi connectivity index (χ3v) is 3.49. The van der Waals surface area contributed by atoms with Gasteiger partial charge in [0.2, 0.25) is 6.41 Å². The zero-order valence-corrected chi connectivity index (χ0v) is 10.6. The normalized spacial score (nSPS) is 20.1. The van der Waals surface area contributed by atoms with Crippen LogP contribution in [0.2, 0.25) is 0 Å². The molecule has 1 aromatic carbocycles. The predicted octanol–water partition coefficient (Wildman–Crippen LogP) is 2.37. The van der Waals surface area contributed by atoms with Crippen molar-refractivity contribution in [3.05, 3.63) is 29.3 Å². The number of hydrogen-bond acceptors (Lipinski definition) is 2. The molecule has 3 heteroatoms. The summed E-state index contributed by atoms with van der Waals surface area (Å²) in [6, 6.07) is 6.35. The van der Waals surface area contributed by atoms with E-state index in [0.717, 1.165) is 19.4 Å². The van der Waals surface area contributed by atoms with Crippen LogP contribution in [0.3, 0.4) is 0 Å². The zero-order chi connectivity index (χ0) is 12.3. The third-order valence-electron chi connectivity index (χ3n) is 3.49. The lowest BCUT2D eigenvalue weighted by atomic mass is 10.0. The highest BCUT2D eigenvalue weighted by atomic mass is 16.1. The van der Waals surface area contributed by atoms with Crippen LogP contribution in [0.5, 0.6) is 0 Å². The molecule has 1 aliphatic rings. The van der Waals surface area contributed by atoms with Gasteiger partial charge >= 0.3 is 0 Å². The maximum absolute atomic E-state index is 10.7. The molecule has 0 radical (unpaired) electrons. The molecule has 92 valence electrons. The second-order valence-corrected chi connectivity index (χ2v) is 4.73. The van der Waals surface area contributed by atoms with E-state index in [1.54, 1.807) is 0 Å². The number of anilines is 1. The average molecular weight is 232 g/mol. The van der Waals surface area contributed by atoms with Crippen molar-refractivity contribution in [2.75, 3.05) is 11.4 Å². The largest absolute Gasteiger partial charge is 0.351 e. The molecule has 1 unspecified atom stereocenters. The average Bonchev–Trinajstić information content (AvgIpc) is 2.31. The van der Waals surface area contributed by atoms with E-state index in [0.29, 0.717) is 0 Å². The molecule has 1 saturated heterocycles. The number of hydrogen-bond donors (Lipinski definition) is 1. The lowest BCUT2D eigenvalue weighted by Crippen LogP contribution is -2.48. The fourth-order valence-electron chi connectivity index (χ4n) is 2.71. The van der Waals surface area contributed by atoms with E-state index in [9.17, 15) is 4.79 Å². The molecule has 3 nitrogen and oxygen atoms in total. The van der Waals surface area contributed by atoms with Crippen LogP contribution in [0, 0.1) is 13.8 Å². The van der Waals surface area contributed by atoms with E-state index in [1.165, 1.54) is 29.7 Å². The molecule has 2 rings (SSSR count). The Bertz CT molecular complexity index is 383. The maximum Gasteiger partial charge on any atom is 0.208 e. The fraction of sp³-hybridized carbons (Fsp3) is 0.500. The Kier molecular flexibility index (Phi) is 3.67.